The van der Waals surface area contributed by atoms with Gasteiger partial charge in [0.1, 0.15) is 0 Å². The van der Waals surface area contributed by atoms with Crippen LogP contribution in [0.5, 0.6) is 0 Å². The van der Waals surface area contributed by atoms with Crippen LogP contribution in [0, 0.1) is 5.92 Å². The molecule has 0 aromatic carbocycles. The van der Waals surface area contributed by atoms with Gasteiger partial charge in [-0.1, -0.05) is 20.3 Å². The Morgan fingerprint density at radius 1 is 1.58 bits per heavy atom. The molecule has 0 aliphatic carbocycles. The summed E-state index contributed by atoms with van der Waals surface area (Å²) in [5, 5.41) is 6.47. The molecule has 1 rings (SSSR count). The Morgan fingerprint density at radius 3 is 2.79 bits per heavy atom. The third-order valence-electron chi connectivity index (χ3n) is 3.67. The van der Waals surface area contributed by atoms with Crippen molar-refractivity contribution in [2.24, 2.45) is 10.9 Å². The maximum Gasteiger partial charge on any atom is 0.220 e. The highest BCUT2D eigenvalue weighted by atomic mass is 16.5. The highest BCUT2D eigenvalue weighted by molar-refractivity contribution is 5.82. The third kappa shape index (κ3) is 4.82. The van der Waals surface area contributed by atoms with Crippen molar-refractivity contribution in [3.8, 4) is 0 Å². The molecule has 5 heteroatoms. The van der Waals surface area contributed by atoms with Crippen molar-refractivity contribution in [2.75, 3.05) is 20.2 Å². The monoisotopic (exact) mass is 269 g/mol. The lowest BCUT2D eigenvalue weighted by Crippen LogP contribution is -2.47. The number of amides is 1. The molecule has 1 heterocycles. The molecule has 0 radical (unpaired) electrons. The van der Waals surface area contributed by atoms with Gasteiger partial charge in [-0.3, -0.25) is 9.79 Å². The number of nitrogens with zero attached hydrogens (tertiary/aromatic N) is 1. The Balaban J connectivity index is 2.59. The molecule has 2 N–H and O–H groups in total. The molecule has 1 saturated heterocycles. The van der Waals surface area contributed by atoms with Crippen molar-refractivity contribution in [1.29, 1.82) is 0 Å². The minimum atomic E-state index is 0.118. The summed E-state index contributed by atoms with van der Waals surface area (Å²) in [6.07, 6.45) is 2.60. The van der Waals surface area contributed by atoms with E-state index in [0.29, 0.717) is 12.3 Å². The van der Waals surface area contributed by atoms with Gasteiger partial charge in [-0.2, -0.15) is 0 Å². The van der Waals surface area contributed by atoms with E-state index in [2.05, 4.69) is 29.5 Å². The predicted octanol–water partition coefficient (Wildman–Crippen LogP) is 1.33. The summed E-state index contributed by atoms with van der Waals surface area (Å²) in [5.41, 5.74) is 0. The maximum absolute atomic E-state index is 11.2. The number of aliphatic imine (C=N–C) groups is 1. The quantitative estimate of drug-likeness (QED) is 0.541. The van der Waals surface area contributed by atoms with Crippen molar-refractivity contribution >= 4 is 11.8 Å². The fraction of sp³-hybridized carbons (Fsp3) is 0.857. The number of carbonyl (C=O) groups excluding carboxylic acids is 1. The van der Waals surface area contributed by atoms with Gasteiger partial charge in [0.2, 0.25) is 11.8 Å². The number of carbonyl (C=O) groups is 1. The average Bonchev–Trinajstić information content (AvgIpc) is 2.82. The van der Waals surface area contributed by atoms with E-state index < -0.39 is 0 Å². The number of hydrogen-bond acceptors (Lipinski definition) is 4. The van der Waals surface area contributed by atoms with E-state index in [-0.39, 0.29) is 18.0 Å². The van der Waals surface area contributed by atoms with Crippen LogP contribution in [0.1, 0.15) is 40.0 Å². The van der Waals surface area contributed by atoms with Crippen LogP contribution in [-0.2, 0) is 9.53 Å². The fourth-order valence-electron chi connectivity index (χ4n) is 2.31. The normalized spacial score (nSPS) is 23.1. The van der Waals surface area contributed by atoms with E-state index in [9.17, 15) is 4.79 Å². The van der Waals surface area contributed by atoms with Gasteiger partial charge < -0.3 is 15.4 Å². The van der Waals surface area contributed by atoms with E-state index in [1.807, 2.05) is 6.92 Å². The highest BCUT2D eigenvalue weighted by Gasteiger charge is 2.26. The Labute approximate surface area is 116 Å². The first-order valence-corrected chi connectivity index (χ1v) is 7.23. The van der Waals surface area contributed by atoms with Gasteiger partial charge in [-0.05, 0) is 19.3 Å². The molecule has 110 valence electrons. The molecular formula is C14H27N3O2. The molecule has 19 heavy (non-hydrogen) atoms. The van der Waals surface area contributed by atoms with Crippen LogP contribution >= 0.6 is 0 Å². The summed E-state index contributed by atoms with van der Waals surface area (Å²) in [4.78, 5) is 15.6. The first-order valence-electron chi connectivity index (χ1n) is 7.23. The van der Waals surface area contributed by atoms with Crippen LogP contribution in [0.15, 0.2) is 4.99 Å². The molecule has 5 nitrogen and oxygen atoms in total. The summed E-state index contributed by atoms with van der Waals surface area (Å²) in [5.74, 6) is 1.37. The number of nitrogens with one attached hydrogen (secondary N) is 2. The molecule has 1 amide bonds. The largest absolute Gasteiger partial charge is 0.483 e. The van der Waals surface area contributed by atoms with Gasteiger partial charge in [0.25, 0.3) is 0 Å². The molecule has 0 spiro atoms. The number of rotatable bonds is 7. The number of hydrogen-bond donors (Lipinski definition) is 2. The molecule has 0 bridgehead atoms. The summed E-state index contributed by atoms with van der Waals surface area (Å²) >= 11 is 0. The minimum Gasteiger partial charge on any atom is -0.483 e. The molecule has 1 aliphatic rings. The van der Waals surface area contributed by atoms with E-state index in [1.165, 1.54) is 0 Å². The molecule has 1 unspecified atom stereocenters. The predicted molar refractivity (Wildman–Crippen MR) is 77.4 cm³/mol. The molecule has 0 aromatic rings. The van der Waals surface area contributed by atoms with Crippen LogP contribution in [0.25, 0.3) is 0 Å². The number of methoxy groups -OCH3 is 1. The Morgan fingerprint density at radius 2 is 2.32 bits per heavy atom. The Kier molecular flexibility index (Phi) is 6.84. The lowest BCUT2D eigenvalue weighted by molar-refractivity contribution is -0.119. The van der Waals surface area contributed by atoms with E-state index in [4.69, 9.17) is 4.74 Å². The second-order valence-electron chi connectivity index (χ2n) is 5.09. The summed E-state index contributed by atoms with van der Waals surface area (Å²) in [6, 6.07) is 0.353. The van der Waals surface area contributed by atoms with Gasteiger partial charge in [0, 0.05) is 25.6 Å². The van der Waals surface area contributed by atoms with Gasteiger partial charge in [0.05, 0.1) is 13.2 Å². The van der Waals surface area contributed by atoms with Crippen LogP contribution in [0.2, 0.25) is 0 Å². The van der Waals surface area contributed by atoms with Crippen LogP contribution < -0.4 is 10.6 Å². The summed E-state index contributed by atoms with van der Waals surface area (Å²) in [7, 11) is 1.67. The molecular weight excluding hydrogens is 242 g/mol. The second kappa shape index (κ2) is 8.15. The SMILES string of the molecule is CC/N=C(/OC)C(NC[C@@H]1CCC(=O)N1)[C@@H](C)CC. The zero-order valence-electron chi connectivity index (χ0n) is 12.5. The maximum atomic E-state index is 11.2. The van der Waals surface area contributed by atoms with E-state index >= 15 is 0 Å². The van der Waals surface area contributed by atoms with Gasteiger partial charge >= 0.3 is 0 Å². The number of ether oxygens (including phenoxy) is 1. The first-order chi connectivity index (χ1) is 9.12. The smallest absolute Gasteiger partial charge is 0.220 e. The highest BCUT2D eigenvalue weighted by Crippen LogP contribution is 2.12. The van der Waals surface area contributed by atoms with Gasteiger partial charge in [-0.15, -0.1) is 0 Å². The van der Waals surface area contributed by atoms with Crippen LogP contribution in [0.3, 0.4) is 0 Å². The second-order valence-corrected chi connectivity index (χ2v) is 5.09. The van der Waals surface area contributed by atoms with Crippen molar-refractivity contribution in [1.82, 2.24) is 10.6 Å². The fourth-order valence-corrected chi connectivity index (χ4v) is 2.31. The van der Waals surface area contributed by atoms with Crippen molar-refractivity contribution in [2.45, 2.75) is 52.1 Å². The summed E-state index contributed by atoms with van der Waals surface area (Å²) < 4.78 is 5.41. The third-order valence-corrected chi connectivity index (χ3v) is 3.67. The van der Waals surface area contributed by atoms with Crippen LogP contribution in [0.4, 0.5) is 0 Å². The molecule has 1 aliphatic heterocycles. The Bertz CT molecular complexity index is 318. The summed E-state index contributed by atoms with van der Waals surface area (Å²) in [6.45, 7) is 7.85. The van der Waals surface area contributed by atoms with Crippen LogP contribution in [-0.4, -0.2) is 44.1 Å². The standard InChI is InChI=1S/C14H27N3O2/c1-5-10(3)13(14(19-4)15-6-2)16-9-11-7-8-12(18)17-11/h10-11,13,16H,5-9H2,1-4H3,(H,17,18)/b15-14+/t10-,11-,13?/m0/s1. The van der Waals surface area contributed by atoms with Gasteiger partial charge in [0.15, 0.2) is 0 Å². The molecule has 0 aromatic heterocycles. The topological polar surface area (TPSA) is 62.7 Å². The zero-order valence-corrected chi connectivity index (χ0v) is 12.5. The average molecular weight is 269 g/mol. The van der Waals surface area contributed by atoms with Crippen molar-refractivity contribution in [3.63, 3.8) is 0 Å². The minimum absolute atomic E-state index is 0.118. The first kappa shape index (κ1) is 16.0. The van der Waals surface area contributed by atoms with E-state index in [0.717, 1.165) is 31.8 Å². The molecule has 1 fully saturated rings. The molecule has 3 atom stereocenters. The lowest BCUT2D eigenvalue weighted by Gasteiger charge is -2.26. The van der Waals surface area contributed by atoms with E-state index in [1.54, 1.807) is 7.11 Å². The Hall–Kier alpha value is -1.10. The van der Waals surface area contributed by atoms with Gasteiger partial charge in [-0.25, -0.2) is 0 Å². The molecule has 0 saturated carbocycles. The van der Waals surface area contributed by atoms with Crippen molar-refractivity contribution < 1.29 is 9.53 Å². The van der Waals surface area contributed by atoms with Crippen molar-refractivity contribution in [3.05, 3.63) is 0 Å². The zero-order chi connectivity index (χ0) is 14.3. The lowest BCUT2D eigenvalue weighted by atomic mass is 9.98.